The zero-order valence-electron chi connectivity index (χ0n) is 14.5. The zero-order valence-corrected chi connectivity index (χ0v) is 15.3. The molecule has 7 heteroatoms. The Kier molecular flexibility index (Phi) is 9.93. The fraction of sp³-hybridized carbons (Fsp3) is 0.611. The van der Waals surface area contributed by atoms with Crippen molar-refractivity contribution in [3.63, 3.8) is 0 Å². The first kappa shape index (κ1) is 21.8. The zero-order chi connectivity index (χ0) is 17.4. The highest BCUT2D eigenvalue weighted by atomic mass is 35.5. The van der Waals surface area contributed by atoms with Crippen molar-refractivity contribution in [2.24, 2.45) is 0 Å². The van der Waals surface area contributed by atoms with Crippen molar-refractivity contribution in [1.29, 1.82) is 0 Å². The first-order valence-electron chi connectivity index (χ1n) is 8.64. The predicted molar refractivity (Wildman–Crippen MR) is 96.1 cm³/mol. The van der Waals surface area contributed by atoms with E-state index in [-0.39, 0.29) is 36.9 Å². The molecular formula is C18H27ClF2N2O2. The maximum absolute atomic E-state index is 13.5. The lowest BCUT2D eigenvalue weighted by molar-refractivity contribution is -0.126. The third-order valence-corrected chi connectivity index (χ3v) is 4.33. The van der Waals surface area contributed by atoms with Crippen molar-refractivity contribution >= 4 is 18.3 Å². The van der Waals surface area contributed by atoms with E-state index < -0.39 is 11.6 Å². The summed E-state index contributed by atoms with van der Waals surface area (Å²) in [5.74, 6) is -1.91. The maximum Gasteiger partial charge on any atom is 0.246 e. The topological polar surface area (TPSA) is 50.4 Å². The maximum atomic E-state index is 13.5. The van der Waals surface area contributed by atoms with E-state index in [1.54, 1.807) is 6.07 Å². The molecule has 1 aromatic carbocycles. The summed E-state index contributed by atoms with van der Waals surface area (Å²) >= 11 is 0. The molecule has 1 aliphatic rings. The largest absolute Gasteiger partial charge is 0.372 e. The van der Waals surface area contributed by atoms with Crippen molar-refractivity contribution < 1.29 is 18.3 Å². The van der Waals surface area contributed by atoms with Crippen molar-refractivity contribution in [3.05, 3.63) is 35.4 Å². The van der Waals surface area contributed by atoms with Gasteiger partial charge in [-0.2, -0.15) is 0 Å². The lowest BCUT2D eigenvalue weighted by Gasteiger charge is -2.33. The molecule has 0 spiro atoms. The van der Waals surface area contributed by atoms with Crippen molar-refractivity contribution in [2.75, 3.05) is 26.3 Å². The lowest BCUT2D eigenvalue weighted by atomic mass is 9.86. The van der Waals surface area contributed by atoms with Crippen LogP contribution in [0, 0.1) is 11.6 Å². The first-order chi connectivity index (χ1) is 11.6. The van der Waals surface area contributed by atoms with Gasteiger partial charge in [0.1, 0.15) is 6.61 Å². The Labute approximate surface area is 154 Å². The molecule has 1 amide bonds. The Morgan fingerprint density at radius 2 is 2.12 bits per heavy atom. The number of hydrogen-bond donors (Lipinski definition) is 2. The molecule has 1 heterocycles. The molecule has 2 unspecified atom stereocenters. The van der Waals surface area contributed by atoms with E-state index in [1.807, 2.05) is 0 Å². The van der Waals surface area contributed by atoms with Gasteiger partial charge < -0.3 is 15.4 Å². The van der Waals surface area contributed by atoms with Crippen LogP contribution >= 0.6 is 12.4 Å². The third kappa shape index (κ3) is 6.88. The van der Waals surface area contributed by atoms with Gasteiger partial charge in [0.25, 0.3) is 0 Å². The molecule has 1 aromatic rings. The van der Waals surface area contributed by atoms with E-state index in [4.69, 9.17) is 4.74 Å². The van der Waals surface area contributed by atoms with Gasteiger partial charge in [0.15, 0.2) is 11.6 Å². The van der Waals surface area contributed by atoms with Crippen LogP contribution < -0.4 is 10.6 Å². The minimum absolute atomic E-state index is 0. The molecule has 1 fully saturated rings. The molecule has 2 rings (SSSR count). The average Bonchev–Trinajstić information content (AvgIpc) is 2.58. The van der Waals surface area contributed by atoms with Crippen LogP contribution in [-0.4, -0.2) is 38.3 Å². The summed E-state index contributed by atoms with van der Waals surface area (Å²) in [5.41, 5.74) is 0.713. The van der Waals surface area contributed by atoms with E-state index in [2.05, 4.69) is 17.6 Å². The number of rotatable bonds is 8. The molecular weight excluding hydrogens is 350 g/mol. The number of amides is 1. The number of ether oxygens (including phenoxy) is 1. The highest BCUT2D eigenvalue weighted by Crippen LogP contribution is 2.27. The fourth-order valence-electron chi connectivity index (χ4n) is 3.02. The van der Waals surface area contributed by atoms with E-state index in [0.29, 0.717) is 18.7 Å². The smallest absolute Gasteiger partial charge is 0.246 e. The standard InChI is InChI=1S/C18H26F2N2O2.ClH/c1-2-3-4-9-24-12-18(23)22-17-11-21-8-7-14(17)13-5-6-15(19)16(20)10-13;/h5-6,10,14,17,21H,2-4,7-9,11-12H2,1H3,(H,22,23);1H. The quantitative estimate of drug-likeness (QED) is 0.685. The summed E-state index contributed by atoms with van der Waals surface area (Å²) in [4.78, 5) is 12.0. The minimum Gasteiger partial charge on any atom is -0.372 e. The van der Waals surface area contributed by atoms with Crippen LogP contribution in [0.4, 0.5) is 8.78 Å². The van der Waals surface area contributed by atoms with Gasteiger partial charge in [0.2, 0.25) is 5.91 Å². The molecule has 25 heavy (non-hydrogen) atoms. The van der Waals surface area contributed by atoms with Gasteiger partial charge in [-0.15, -0.1) is 12.4 Å². The molecule has 2 N–H and O–H groups in total. The van der Waals surface area contributed by atoms with E-state index in [0.717, 1.165) is 38.3 Å². The first-order valence-corrected chi connectivity index (χ1v) is 8.64. The van der Waals surface area contributed by atoms with Gasteiger partial charge >= 0.3 is 0 Å². The van der Waals surface area contributed by atoms with Gasteiger partial charge in [0.05, 0.1) is 0 Å². The van der Waals surface area contributed by atoms with E-state index >= 15 is 0 Å². The second-order valence-corrected chi connectivity index (χ2v) is 6.21. The normalized spacial score (nSPS) is 20.0. The van der Waals surface area contributed by atoms with E-state index in [1.165, 1.54) is 6.07 Å². The number of unbranched alkanes of at least 4 members (excludes halogenated alkanes) is 2. The van der Waals surface area contributed by atoms with Crippen molar-refractivity contribution in [3.8, 4) is 0 Å². The lowest BCUT2D eigenvalue weighted by Crippen LogP contribution is -2.50. The number of nitrogens with one attached hydrogen (secondary N) is 2. The number of hydrogen-bond acceptors (Lipinski definition) is 3. The highest BCUT2D eigenvalue weighted by Gasteiger charge is 2.28. The van der Waals surface area contributed by atoms with Crippen LogP contribution in [0.5, 0.6) is 0 Å². The fourth-order valence-corrected chi connectivity index (χ4v) is 3.02. The van der Waals surface area contributed by atoms with Crippen molar-refractivity contribution in [1.82, 2.24) is 10.6 Å². The molecule has 142 valence electrons. The summed E-state index contributed by atoms with van der Waals surface area (Å²) in [6, 6.07) is 3.80. The molecule has 0 aliphatic carbocycles. The Bertz CT molecular complexity index is 546. The molecule has 2 atom stereocenters. The number of halogens is 3. The predicted octanol–water partition coefficient (Wildman–Crippen LogP) is 3.16. The Morgan fingerprint density at radius 3 is 2.84 bits per heavy atom. The van der Waals surface area contributed by atoms with Crippen LogP contribution in [0.25, 0.3) is 0 Å². The average molecular weight is 377 g/mol. The van der Waals surface area contributed by atoms with Gasteiger partial charge in [-0.25, -0.2) is 8.78 Å². The van der Waals surface area contributed by atoms with Crippen LogP contribution in [0.2, 0.25) is 0 Å². The summed E-state index contributed by atoms with van der Waals surface area (Å²) in [6.07, 6.45) is 3.91. The molecule has 0 saturated carbocycles. The molecule has 0 radical (unpaired) electrons. The second kappa shape index (κ2) is 11.4. The highest BCUT2D eigenvalue weighted by molar-refractivity contribution is 5.85. The van der Waals surface area contributed by atoms with Crippen molar-refractivity contribution in [2.45, 2.75) is 44.6 Å². The van der Waals surface area contributed by atoms with Gasteiger partial charge in [0, 0.05) is 25.1 Å². The van der Waals surface area contributed by atoms with Crippen LogP contribution in [0.3, 0.4) is 0 Å². The Morgan fingerprint density at radius 1 is 1.32 bits per heavy atom. The van der Waals surface area contributed by atoms with Crippen LogP contribution in [0.1, 0.15) is 44.1 Å². The number of carbonyl (C=O) groups is 1. The van der Waals surface area contributed by atoms with E-state index in [9.17, 15) is 13.6 Å². The molecule has 4 nitrogen and oxygen atoms in total. The Hall–Kier alpha value is -1.24. The van der Waals surface area contributed by atoms with Crippen LogP contribution in [-0.2, 0) is 9.53 Å². The summed E-state index contributed by atoms with van der Waals surface area (Å²) in [6.45, 7) is 4.11. The molecule has 1 saturated heterocycles. The number of benzene rings is 1. The SMILES string of the molecule is CCCCCOCC(=O)NC1CNCCC1c1ccc(F)c(F)c1.Cl. The second-order valence-electron chi connectivity index (χ2n) is 6.21. The monoisotopic (exact) mass is 376 g/mol. The molecule has 0 aromatic heterocycles. The van der Waals surface area contributed by atoms with Gasteiger partial charge in [-0.1, -0.05) is 25.8 Å². The number of piperidine rings is 1. The summed E-state index contributed by atoms with van der Waals surface area (Å²) in [5, 5.41) is 6.18. The van der Waals surface area contributed by atoms with Gasteiger partial charge in [-0.3, -0.25) is 4.79 Å². The number of carbonyl (C=O) groups excluding carboxylic acids is 1. The minimum atomic E-state index is -0.853. The van der Waals surface area contributed by atoms with Crippen LogP contribution in [0.15, 0.2) is 18.2 Å². The summed E-state index contributed by atoms with van der Waals surface area (Å²) in [7, 11) is 0. The molecule has 0 bridgehead atoms. The van der Waals surface area contributed by atoms with Gasteiger partial charge in [-0.05, 0) is 37.1 Å². The molecule has 1 aliphatic heterocycles. The summed E-state index contributed by atoms with van der Waals surface area (Å²) < 4.78 is 32.0. The Balaban J connectivity index is 0.00000312. The third-order valence-electron chi connectivity index (χ3n) is 4.33.